The molecule has 0 aliphatic carbocycles. The minimum atomic E-state index is -4.64. The van der Waals surface area contributed by atoms with Crippen molar-refractivity contribution in [3.05, 3.63) is 95.8 Å². The van der Waals surface area contributed by atoms with Crippen molar-refractivity contribution in [2.45, 2.75) is 12.6 Å². The van der Waals surface area contributed by atoms with E-state index in [4.69, 9.17) is 0 Å². The Bertz CT molecular complexity index is 1200. The van der Waals surface area contributed by atoms with Crippen molar-refractivity contribution in [1.29, 1.82) is 0 Å². The Morgan fingerprint density at radius 1 is 0.969 bits per heavy atom. The third-order valence-electron chi connectivity index (χ3n) is 4.92. The molecule has 0 fully saturated rings. The lowest BCUT2D eigenvalue weighted by atomic mass is 9.96. The topological polar surface area (TPSA) is 70.7 Å². The highest BCUT2D eigenvalue weighted by molar-refractivity contribution is 6.01. The summed E-state index contributed by atoms with van der Waals surface area (Å²) >= 11 is 0. The number of carbonyl (C=O) groups excluding carboxylic acids is 1. The van der Waals surface area contributed by atoms with E-state index in [1.165, 1.54) is 18.2 Å². The smallest absolute Gasteiger partial charge is 0.352 e. The van der Waals surface area contributed by atoms with Crippen molar-refractivity contribution < 1.29 is 18.0 Å². The van der Waals surface area contributed by atoms with Gasteiger partial charge in [0.05, 0.1) is 17.0 Å². The van der Waals surface area contributed by atoms with Crippen LogP contribution in [0.2, 0.25) is 0 Å². The highest BCUT2D eigenvalue weighted by Crippen LogP contribution is 2.39. The van der Waals surface area contributed by atoms with E-state index in [1.54, 1.807) is 24.4 Å². The zero-order chi connectivity index (χ0) is 22.6. The first-order valence-electron chi connectivity index (χ1n) is 9.93. The van der Waals surface area contributed by atoms with Gasteiger partial charge in [-0.1, -0.05) is 42.5 Å². The van der Waals surface area contributed by atoms with Crippen molar-refractivity contribution >= 4 is 5.91 Å². The maximum atomic E-state index is 13.8. The molecule has 32 heavy (non-hydrogen) atoms. The number of aromatic nitrogens is 3. The normalized spacial score (nSPS) is 11.3. The van der Waals surface area contributed by atoms with Crippen LogP contribution in [0.15, 0.2) is 79.0 Å². The number of H-pyrrole nitrogens is 1. The van der Waals surface area contributed by atoms with Gasteiger partial charge in [0.2, 0.25) is 0 Å². The first-order chi connectivity index (χ1) is 15.4. The summed E-state index contributed by atoms with van der Waals surface area (Å²) in [5.41, 5.74) is 0.914. The van der Waals surface area contributed by atoms with Gasteiger partial charge in [-0.25, -0.2) is 0 Å². The largest absolute Gasteiger partial charge is 0.417 e. The Labute approximate surface area is 182 Å². The van der Waals surface area contributed by atoms with Crippen LogP contribution in [0.3, 0.4) is 0 Å². The van der Waals surface area contributed by atoms with E-state index >= 15 is 0 Å². The second-order valence-electron chi connectivity index (χ2n) is 7.09. The van der Waals surface area contributed by atoms with Crippen LogP contribution in [0, 0.1) is 0 Å². The minimum Gasteiger partial charge on any atom is -0.352 e. The molecule has 8 heteroatoms. The number of aromatic amines is 1. The van der Waals surface area contributed by atoms with Gasteiger partial charge in [-0.05, 0) is 30.3 Å². The zero-order valence-electron chi connectivity index (χ0n) is 16.9. The van der Waals surface area contributed by atoms with Crippen molar-refractivity contribution in [3.63, 3.8) is 0 Å². The molecule has 2 aromatic carbocycles. The van der Waals surface area contributed by atoms with Crippen molar-refractivity contribution in [3.8, 4) is 22.5 Å². The number of rotatable bonds is 6. The van der Waals surface area contributed by atoms with Gasteiger partial charge in [-0.3, -0.25) is 14.9 Å². The van der Waals surface area contributed by atoms with Gasteiger partial charge in [0.15, 0.2) is 0 Å². The lowest BCUT2D eigenvalue weighted by Gasteiger charge is -2.16. The van der Waals surface area contributed by atoms with Crippen molar-refractivity contribution in [1.82, 2.24) is 20.5 Å². The zero-order valence-corrected chi connectivity index (χ0v) is 16.9. The molecule has 1 amide bonds. The molecule has 0 spiro atoms. The number of alkyl halides is 3. The van der Waals surface area contributed by atoms with Gasteiger partial charge >= 0.3 is 6.18 Å². The first kappa shape index (κ1) is 21.3. The molecule has 0 aliphatic heterocycles. The van der Waals surface area contributed by atoms with E-state index in [2.05, 4.69) is 20.5 Å². The summed E-state index contributed by atoms with van der Waals surface area (Å²) in [6.07, 6.45) is -2.54. The summed E-state index contributed by atoms with van der Waals surface area (Å²) in [7, 11) is 0. The first-order valence-corrected chi connectivity index (χ1v) is 9.93. The molecule has 0 atom stereocenters. The summed E-state index contributed by atoms with van der Waals surface area (Å²) in [4.78, 5) is 17.0. The van der Waals surface area contributed by atoms with Gasteiger partial charge in [0.1, 0.15) is 0 Å². The Morgan fingerprint density at radius 2 is 1.75 bits per heavy atom. The van der Waals surface area contributed by atoms with Gasteiger partial charge in [-0.2, -0.15) is 18.3 Å². The molecular weight excluding hydrogens is 417 g/mol. The van der Waals surface area contributed by atoms with E-state index < -0.39 is 17.6 Å². The second kappa shape index (κ2) is 9.05. The van der Waals surface area contributed by atoms with Crippen LogP contribution >= 0.6 is 0 Å². The molecule has 0 saturated heterocycles. The fraction of sp³-hybridized carbons (Fsp3) is 0.125. The molecule has 5 nitrogen and oxygen atoms in total. The van der Waals surface area contributed by atoms with Crippen molar-refractivity contribution in [2.24, 2.45) is 0 Å². The maximum absolute atomic E-state index is 13.8. The molecule has 2 heterocycles. The monoisotopic (exact) mass is 436 g/mol. The number of hydrogen-bond donors (Lipinski definition) is 2. The molecule has 0 bridgehead atoms. The van der Waals surface area contributed by atoms with Crippen molar-refractivity contribution in [2.75, 3.05) is 6.54 Å². The summed E-state index contributed by atoms with van der Waals surface area (Å²) in [5, 5.41) is 9.52. The van der Waals surface area contributed by atoms with Gasteiger partial charge in [0.25, 0.3) is 5.91 Å². The molecule has 4 rings (SSSR count). The molecule has 162 valence electrons. The van der Waals surface area contributed by atoms with Gasteiger partial charge in [0, 0.05) is 41.5 Å². The summed E-state index contributed by atoms with van der Waals surface area (Å²) in [6, 6.07) is 19.6. The van der Waals surface area contributed by atoms with E-state index in [-0.39, 0.29) is 23.4 Å². The number of amides is 1. The van der Waals surface area contributed by atoms with Crippen LogP contribution in [-0.2, 0) is 12.6 Å². The van der Waals surface area contributed by atoms with Crippen LogP contribution in [0.5, 0.6) is 0 Å². The quantitative estimate of drug-likeness (QED) is 0.440. The maximum Gasteiger partial charge on any atom is 0.417 e. The number of benzene rings is 2. The number of pyridine rings is 1. The Hall–Kier alpha value is -3.94. The number of nitrogens with one attached hydrogen (secondary N) is 2. The molecule has 0 radical (unpaired) electrons. The average molecular weight is 436 g/mol. The SMILES string of the molecule is O=C(NCCc1ccccn1)c1cccc(C(F)(F)F)c1-c1cc(-c2ccccc2)n[nH]1. The summed E-state index contributed by atoms with van der Waals surface area (Å²) < 4.78 is 41.4. The number of nitrogens with zero attached hydrogens (tertiary/aromatic N) is 2. The third-order valence-corrected chi connectivity index (χ3v) is 4.92. The van der Waals surface area contributed by atoms with E-state index in [1.807, 2.05) is 30.3 Å². The molecule has 0 saturated carbocycles. The Morgan fingerprint density at radius 3 is 2.47 bits per heavy atom. The predicted octanol–water partition coefficient (Wildman–Crippen LogP) is 5.13. The van der Waals surface area contributed by atoms with E-state index in [9.17, 15) is 18.0 Å². The molecular formula is C24H19F3N4O. The van der Waals surface area contributed by atoms with Crippen LogP contribution in [0.1, 0.15) is 21.6 Å². The van der Waals surface area contributed by atoms with Gasteiger partial charge < -0.3 is 5.32 Å². The lowest BCUT2D eigenvalue weighted by molar-refractivity contribution is -0.137. The fourth-order valence-electron chi connectivity index (χ4n) is 3.42. The Balaban J connectivity index is 1.66. The van der Waals surface area contributed by atoms with Gasteiger partial charge in [-0.15, -0.1) is 0 Å². The highest BCUT2D eigenvalue weighted by atomic mass is 19.4. The minimum absolute atomic E-state index is 0.0795. The summed E-state index contributed by atoms with van der Waals surface area (Å²) in [6.45, 7) is 0.240. The third kappa shape index (κ3) is 4.69. The predicted molar refractivity (Wildman–Crippen MR) is 115 cm³/mol. The molecule has 2 N–H and O–H groups in total. The van der Waals surface area contributed by atoms with Crippen LogP contribution < -0.4 is 5.32 Å². The summed E-state index contributed by atoms with van der Waals surface area (Å²) in [5.74, 6) is -0.599. The molecule has 2 aromatic heterocycles. The van der Waals surface area contributed by atoms with Crippen LogP contribution in [-0.4, -0.2) is 27.6 Å². The second-order valence-corrected chi connectivity index (χ2v) is 7.09. The number of hydrogen-bond acceptors (Lipinski definition) is 3. The van der Waals surface area contributed by atoms with E-state index in [0.29, 0.717) is 12.1 Å². The number of carbonyl (C=O) groups is 1. The van der Waals surface area contributed by atoms with E-state index in [0.717, 1.165) is 17.3 Å². The standard InChI is InChI=1S/C24H19F3N4O/c25-24(26,27)19-11-6-10-18(23(32)29-14-12-17-9-4-5-13-28-17)22(19)21-15-20(30-31-21)16-7-2-1-3-8-16/h1-11,13,15H,12,14H2,(H,29,32)(H,30,31). The van der Waals surface area contributed by atoms with Crippen LogP contribution in [0.25, 0.3) is 22.5 Å². The average Bonchev–Trinajstić information content (AvgIpc) is 3.29. The highest BCUT2D eigenvalue weighted by Gasteiger charge is 2.36. The fourth-order valence-corrected chi connectivity index (χ4v) is 3.42. The number of halogens is 3. The Kier molecular flexibility index (Phi) is 6.02. The lowest BCUT2D eigenvalue weighted by Crippen LogP contribution is -2.27. The van der Waals surface area contributed by atoms with Crippen LogP contribution in [0.4, 0.5) is 13.2 Å². The molecule has 4 aromatic rings. The molecule has 0 aliphatic rings. The molecule has 0 unspecified atom stereocenters.